The zero-order valence-corrected chi connectivity index (χ0v) is 14.7. The second kappa shape index (κ2) is 8.28. The number of carbonyl (C=O) groups excluding carboxylic acids is 1. The molecule has 4 nitrogen and oxygen atoms in total. The van der Waals surface area contributed by atoms with Crippen molar-refractivity contribution >= 4 is 5.91 Å². The van der Waals surface area contributed by atoms with Crippen LogP contribution in [0.4, 0.5) is 0 Å². The van der Waals surface area contributed by atoms with Crippen LogP contribution in [-0.4, -0.2) is 41.6 Å². The van der Waals surface area contributed by atoms with Gasteiger partial charge in [-0.25, -0.2) is 0 Å². The van der Waals surface area contributed by atoms with E-state index in [0.29, 0.717) is 12.1 Å². The second-order valence-electron chi connectivity index (χ2n) is 6.84. The van der Waals surface area contributed by atoms with Gasteiger partial charge in [0.05, 0.1) is 6.10 Å². The maximum Gasteiger partial charge on any atom is 0.251 e. The lowest BCUT2D eigenvalue weighted by molar-refractivity contribution is 0.0828. The third-order valence-electron chi connectivity index (χ3n) is 4.85. The van der Waals surface area contributed by atoms with E-state index in [1.807, 2.05) is 61.5 Å². The number of aliphatic hydroxyl groups excluding tert-OH is 1. The van der Waals surface area contributed by atoms with Crippen molar-refractivity contribution in [3.63, 3.8) is 0 Å². The summed E-state index contributed by atoms with van der Waals surface area (Å²) in [7, 11) is 0. The largest absolute Gasteiger partial charge is 0.387 e. The zero-order valence-electron chi connectivity index (χ0n) is 14.7. The van der Waals surface area contributed by atoms with E-state index in [4.69, 9.17) is 0 Å². The summed E-state index contributed by atoms with van der Waals surface area (Å²) in [5, 5.41) is 13.5. The van der Waals surface area contributed by atoms with Gasteiger partial charge in [-0.3, -0.25) is 4.79 Å². The Bertz CT molecular complexity index is 677. The van der Waals surface area contributed by atoms with Crippen molar-refractivity contribution in [1.29, 1.82) is 0 Å². The highest BCUT2D eigenvalue weighted by Gasteiger charge is 2.23. The first-order chi connectivity index (χ1) is 12.1. The van der Waals surface area contributed by atoms with E-state index in [9.17, 15) is 9.90 Å². The van der Waals surface area contributed by atoms with Crippen LogP contribution in [-0.2, 0) is 0 Å². The lowest BCUT2D eigenvalue weighted by Gasteiger charge is -2.33. The van der Waals surface area contributed by atoms with Gasteiger partial charge in [0.2, 0.25) is 0 Å². The van der Waals surface area contributed by atoms with Crippen LogP contribution in [0.15, 0.2) is 54.6 Å². The molecule has 0 radical (unpaired) electrons. The fourth-order valence-electron chi connectivity index (χ4n) is 3.26. The molecule has 1 aliphatic heterocycles. The predicted molar refractivity (Wildman–Crippen MR) is 99.5 cm³/mol. The Labute approximate surface area is 149 Å². The number of nitrogens with zero attached hydrogens (tertiary/aromatic N) is 1. The fraction of sp³-hybridized carbons (Fsp3) is 0.381. The maximum atomic E-state index is 12.2. The predicted octanol–water partition coefficient (Wildman–Crippen LogP) is 2.92. The van der Waals surface area contributed by atoms with Crippen molar-refractivity contribution in [2.45, 2.75) is 31.9 Å². The number of amides is 1. The van der Waals surface area contributed by atoms with Crippen LogP contribution in [0.25, 0.3) is 0 Å². The number of nitrogens with one attached hydrogen (secondary N) is 1. The van der Waals surface area contributed by atoms with Crippen LogP contribution in [0.3, 0.4) is 0 Å². The molecule has 4 heteroatoms. The topological polar surface area (TPSA) is 52.6 Å². The van der Waals surface area contributed by atoms with E-state index < -0.39 is 6.10 Å². The zero-order chi connectivity index (χ0) is 17.6. The first-order valence-electron chi connectivity index (χ1n) is 8.95. The number of likely N-dealkylation sites (tertiary alicyclic amines) is 1. The number of benzene rings is 2. The van der Waals surface area contributed by atoms with E-state index >= 15 is 0 Å². The van der Waals surface area contributed by atoms with Gasteiger partial charge in [0, 0.05) is 31.2 Å². The number of aliphatic hydroxyl groups is 1. The molecule has 1 saturated heterocycles. The Balaban J connectivity index is 1.45. The summed E-state index contributed by atoms with van der Waals surface area (Å²) < 4.78 is 0. The van der Waals surface area contributed by atoms with Gasteiger partial charge in [-0.05, 0) is 37.5 Å². The highest BCUT2D eigenvalue weighted by molar-refractivity contribution is 5.94. The first kappa shape index (κ1) is 17.6. The van der Waals surface area contributed by atoms with Crippen LogP contribution >= 0.6 is 0 Å². The molecule has 2 aromatic rings. The van der Waals surface area contributed by atoms with Crippen molar-refractivity contribution in [1.82, 2.24) is 10.2 Å². The fourth-order valence-corrected chi connectivity index (χ4v) is 3.26. The third kappa shape index (κ3) is 4.91. The summed E-state index contributed by atoms with van der Waals surface area (Å²) in [5.41, 5.74) is 2.87. The maximum absolute atomic E-state index is 12.2. The van der Waals surface area contributed by atoms with E-state index in [1.54, 1.807) is 0 Å². The summed E-state index contributed by atoms with van der Waals surface area (Å²) in [6.07, 6.45) is 1.37. The lowest BCUT2D eigenvalue weighted by atomic mass is 10.0. The Morgan fingerprint density at radius 3 is 2.40 bits per heavy atom. The Hall–Kier alpha value is -2.17. The molecule has 0 bridgehead atoms. The molecule has 25 heavy (non-hydrogen) atoms. The van der Waals surface area contributed by atoms with Crippen molar-refractivity contribution in [3.05, 3.63) is 71.3 Å². The van der Waals surface area contributed by atoms with Crippen LogP contribution in [0.2, 0.25) is 0 Å². The van der Waals surface area contributed by atoms with Crippen molar-refractivity contribution in [2.75, 3.05) is 19.6 Å². The highest BCUT2D eigenvalue weighted by Crippen LogP contribution is 2.18. The van der Waals surface area contributed by atoms with Crippen LogP contribution in [0, 0.1) is 6.92 Å². The van der Waals surface area contributed by atoms with Crippen molar-refractivity contribution in [2.24, 2.45) is 0 Å². The highest BCUT2D eigenvalue weighted by atomic mass is 16.3. The molecule has 132 valence electrons. The van der Waals surface area contributed by atoms with Crippen LogP contribution in [0.1, 0.15) is 40.4 Å². The average Bonchev–Trinajstić information content (AvgIpc) is 2.64. The molecule has 0 aliphatic carbocycles. The van der Waals surface area contributed by atoms with E-state index in [1.165, 1.54) is 5.56 Å². The number of hydrogen-bond donors (Lipinski definition) is 2. The summed E-state index contributed by atoms with van der Waals surface area (Å²) in [4.78, 5) is 14.5. The van der Waals surface area contributed by atoms with Gasteiger partial charge >= 0.3 is 0 Å². The Kier molecular flexibility index (Phi) is 5.84. The van der Waals surface area contributed by atoms with Crippen LogP contribution < -0.4 is 5.32 Å². The van der Waals surface area contributed by atoms with Crippen LogP contribution in [0.5, 0.6) is 0 Å². The molecule has 0 saturated carbocycles. The van der Waals surface area contributed by atoms with Crippen molar-refractivity contribution < 1.29 is 9.90 Å². The van der Waals surface area contributed by atoms with E-state index in [0.717, 1.165) is 31.5 Å². The Morgan fingerprint density at radius 1 is 1.12 bits per heavy atom. The number of piperidine rings is 1. The number of rotatable bonds is 5. The van der Waals surface area contributed by atoms with Gasteiger partial charge in [0.15, 0.2) is 0 Å². The third-order valence-corrected chi connectivity index (χ3v) is 4.85. The van der Waals surface area contributed by atoms with Gasteiger partial charge in [0.1, 0.15) is 0 Å². The average molecular weight is 338 g/mol. The minimum Gasteiger partial charge on any atom is -0.387 e. The molecule has 1 unspecified atom stereocenters. The first-order valence-corrected chi connectivity index (χ1v) is 8.95. The van der Waals surface area contributed by atoms with Gasteiger partial charge in [-0.2, -0.15) is 0 Å². The number of β-amino-alcohol motifs (C(OH)–C–C–N with tert-alkyl or cyclic N) is 1. The monoisotopic (exact) mass is 338 g/mol. The molecular weight excluding hydrogens is 312 g/mol. The van der Waals surface area contributed by atoms with E-state index in [2.05, 4.69) is 10.2 Å². The molecule has 1 atom stereocenters. The molecule has 3 rings (SSSR count). The smallest absolute Gasteiger partial charge is 0.251 e. The molecule has 1 fully saturated rings. The number of carbonyl (C=O) groups is 1. The molecule has 2 N–H and O–H groups in total. The minimum absolute atomic E-state index is 0.00117. The summed E-state index contributed by atoms with van der Waals surface area (Å²) in [6.45, 7) is 4.47. The standard InChI is InChI=1S/C21H26N2O2/c1-16-7-9-17(10-8-16)20(24)15-23-13-11-19(12-14-23)22-21(25)18-5-3-2-4-6-18/h2-10,19-20,24H,11-15H2,1H3,(H,22,25). The Morgan fingerprint density at radius 2 is 1.76 bits per heavy atom. The molecule has 1 aliphatic rings. The number of hydrogen-bond acceptors (Lipinski definition) is 3. The molecule has 2 aromatic carbocycles. The second-order valence-corrected chi connectivity index (χ2v) is 6.84. The summed E-state index contributed by atoms with van der Waals surface area (Å²) >= 11 is 0. The SMILES string of the molecule is Cc1ccc(C(O)CN2CCC(NC(=O)c3ccccc3)CC2)cc1. The minimum atomic E-state index is -0.462. The quantitative estimate of drug-likeness (QED) is 0.881. The number of aryl methyl sites for hydroxylation is 1. The molecule has 0 aromatic heterocycles. The van der Waals surface area contributed by atoms with Crippen molar-refractivity contribution in [3.8, 4) is 0 Å². The van der Waals surface area contributed by atoms with Gasteiger partial charge in [0.25, 0.3) is 5.91 Å². The molecule has 1 heterocycles. The normalized spacial score (nSPS) is 17.2. The molecule has 1 amide bonds. The summed E-state index contributed by atoms with van der Waals surface area (Å²) in [5.74, 6) is -0.00117. The molecular formula is C21H26N2O2. The summed E-state index contributed by atoms with van der Waals surface area (Å²) in [6, 6.07) is 17.6. The molecule has 0 spiro atoms. The van der Waals surface area contributed by atoms with E-state index in [-0.39, 0.29) is 11.9 Å². The van der Waals surface area contributed by atoms with Gasteiger partial charge in [-0.15, -0.1) is 0 Å². The van der Waals surface area contributed by atoms with Gasteiger partial charge in [-0.1, -0.05) is 48.0 Å². The van der Waals surface area contributed by atoms with Gasteiger partial charge < -0.3 is 15.3 Å². The lowest BCUT2D eigenvalue weighted by Crippen LogP contribution is -2.45.